The summed E-state index contributed by atoms with van der Waals surface area (Å²) in [6.07, 6.45) is 1.70. The Hall–Kier alpha value is -2.17. The van der Waals surface area contributed by atoms with Gasteiger partial charge in [0.15, 0.2) is 0 Å². The molecular weight excluding hydrogens is 362 g/mol. The summed E-state index contributed by atoms with van der Waals surface area (Å²) in [6, 6.07) is 20.8. The molecule has 0 spiro atoms. The molecule has 158 valence electrons. The van der Waals surface area contributed by atoms with E-state index in [0.717, 1.165) is 13.0 Å². The van der Waals surface area contributed by atoms with Crippen LogP contribution in [0.2, 0.25) is 0 Å². The number of esters is 1. The fraction of sp³-hybridized carbons (Fsp3) is 0.480. The van der Waals surface area contributed by atoms with Crippen molar-refractivity contribution in [1.29, 1.82) is 0 Å². The van der Waals surface area contributed by atoms with Crippen molar-refractivity contribution in [2.75, 3.05) is 6.61 Å². The third kappa shape index (κ3) is 8.00. The van der Waals surface area contributed by atoms with Crippen molar-refractivity contribution in [1.82, 2.24) is 4.90 Å². The molecule has 0 radical (unpaired) electrons. The molecule has 2 aromatic rings. The van der Waals surface area contributed by atoms with Crippen LogP contribution in [0.15, 0.2) is 60.7 Å². The highest BCUT2D eigenvalue weighted by atomic mass is 16.6. The van der Waals surface area contributed by atoms with Gasteiger partial charge in [0.2, 0.25) is 0 Å². The largest absolute Gasteiger partial charge is 0.460 e. The number of hydrogen-bond donors (Lipinski definition) is 1. The molecule has 0 saturated heterocycles. The van der Waals surface area contributed by atoms with Gasteiger partial charge in [0.05, 0.1) is 6.42 Å². The van der Waals surface area contributed by atoms with Crippen LogP contribution in [0.1, 0.15) is 64.1 Å². The van der Waals surface area contributed by atoms with Crippen molar-refractivity contribution in [3.05, 3.63) is 71.8 Å². The second-order valence-electron chi connectivity index (χ2n) is 8.55. The van der Waals surface area contributed by atoms with Gasteiger partial charge in [0, 0.05) is 25.2 Å². The van der Waals surface area contributed by atoms with Crippen LogP contribution in [0, 0.1) is 0 Å². The lowest BCUT2D eigenvalue weighted by Crippen LogP contribution is -2.40. The van der Waals surface area contributed by atoms with Gasteiger partial charge >= 0.3 is 5.97 Å². The minimum Gasteiger partial charge on any atom is -0.460 e. The maximum Gasteiger partial charge on any atom is 0.307 e. The molecule has 4 nitrogen and oxygen atoms in total. The molecule has 2 rings (SSSR count). The predicted molar refractivity (Wildman–Crippen MR) is 117 cm³/mol. The number of carbonyl (C=O) groups is 1. The number of nitrogens with zero attached hydrogens (tertiary/aromatic N) is 1. The summed E-state index contributed by atoms with van der Waals surface area (Å²) in [5, 5.41) is 9.43. The Morgan fingerprint density at radius 3 is 2.17 bits per heavy atom. The first-order chi connectivity index (χ1) is 13.8. The molecule has 2 atom stereocenters. The first-order valence-electron chi connectivity index (χ1n) is 10.5. The van der Waals surface area contributed by atoms with Crippen LogP contribution in [0.25, 0.3) is 0 Å². The number of benzene rings is 2. The number of aliphatic hydroxyl groups excluding tert-OH is 1. The highest BCUT2D eigenvalue weighted by Gasteiger charge is 2.28. The lowest BCUT2D eigenvalue weighted by molar-refractivity contribution is -0.156. The van der Waals surface area contributed by atoms with Crippen molar-refractivity contribution in [3.8, 4) is 0 Å². The van der Waals surface area contributed by atoms with E-state index in [9.17, 15) is 9.90 Å². The SMILES string of the molecule is C[C@@H](c1ccccc1)N(Cc1ccccc1)[C@@H](CCCO)CC(=O)OC(C)(C)C. The Morgan fingerprint density at radius 2 is 1.62 bits per heavy atom. The van der Waals surface area contributed by atoms with Gasteiger partial charge in [-0.1, -0.05) is 60.7 Å². The molecule has 4 heteroatoms. The number of hydrogen-bond acceptors (Lipinski definition) is 4. The van der Waals surface area contributed by atoms with Gasteiger partial charge in [-0.25, -0.2) is 0 Å². The molecule has 0 saturated carbocycles. The monoisotopic (exact) mass is 397 g/mol. The smallest absolute Gasteiger partial charge is 0.307 e. The molecule has 0 aliphatic rings. The highest BCUT2D eigenvalue weighted by molar-refractivity contribution is 5.70. The molecule has 0 heterocycles. The normalized spacial score (nSPS) is 13.9. The molecule has 1 N–H and O–H groups in total. The molecule has 0 aromatic heterocycles. The topological polar surface area (TPSA) is 49.8 Å². The number of rotatable bonds is 10. The van der Waals surface area contributed by atoms with E-state index in [1.165, 1.54) is 11.1 Å². The fourth-order valence-electron chi connectivity index (χ4n) is 3.59. The lowest BCUT2D eigenvalue weighted by atomic mass is 9.99. The van der Waals surface area contributed by atoms with E-state index < -0.39 is 5.60 Å². The van der Waals surface area contributed by atoms with Crippen molar-refractivity contribution >= 4 is 5.97 Å². The predicted octanol–water partition coefficient (Wildman–Crippen LogP) is 5.12. The Balaban J connectivity index is 2.30. The second-order valence-corrected chi connectivity index (χ2v) is 8.55. The molecule has 0 aliphatic carbocycles. The molecule has 0 amide bonds. The van der Waals surface area contributed by atoms with Crippen molar-refractivity contribution in [2.45, 2.75) is 71.2 Å². The van der Waals surface area contributed by atoms with Crippen molar-refractivity contribution in [3.63, 3.8) is 0 Å². The van der Waals surface area contributed by atoms with Crippen molar-refractivity contribution in [2.24, 2.45) is 0 Å². The summed E-state index contributed by atoms with van der Waals surface area (Å²) in [7, 11) is 0. The van der Waals surface area contributed by atoms with E-state index in [1.807, 2.05) is 57.2 Å². The van der Waals surface area contributed by atoms with Crippen LogP contribution in [-0.4, -0.2) is 34.2 Å². The van der Waals surface area contributed by atoms with Gasteiger partial charge in [0.25, 0.3) is 0 Å². The van der Waals surface area contributed by atoms with E-state index in [0.29, 0.717) is 12.8 Å². The quantitative estimate of drug-likeness (QED) is 0.565. The van der Waals surface area contributed by atoms with Crippen LogP contribution in [0.4, 0.5) is 0 Å². The summed E-state index contributed by atoms with van der Waals surface area (Å²) < 4.78 is 5.61. The molecule has 2 aromatic carbocycles. The van der Waals surface area contributed by atoms with Gasteiger partial charge in [-0.2, -0.15) is 0 Å². The van der Waals surface area contributed by atoms with Gasteiger partial charge in [-0.05, 0) is 51.7 Å². The van der Waals surface area contributed by atoms with Gasteiger partial charge in [-0.3, -0.25) is 9.69 Å². The minimum atomic E-state index is -0.506. The maximum absolute atomic E-state index is 12.6. The molecule has 0 unspecified atom stereocenters. The van der Waals surface area contributed by atoms with Gasteiger partial charge < -0.3 is 9.84 Å². The molecule has 0 fully saturated rings. The molecular formula is C25H35NO3. The third-order valence-electron chi connectivity index (χ3n) is 4.97. The minimum absolute atomic E-state index is 0.0209. The number of aliphatic hydroxyl groups is 1. The molecule has 0 aliphatic heterocycles. The Morgan fingerprint density at radius 1 is 1.03 bits per heavy atom. The van der Waals surface area contributed by atoms with Crippen LogP contribution >= 0.6 is 0 Å². The van der Waals surface area contributed by atoms with Crippen LogP contribution in [0.5, 0.6) is 0 Å². The van der Waals surface area contributed by atoms with Crippen LogP contribution in [0.3, 0.4) is 0 Å². The Bertz CT molecular complexity index is 725. The van der Waals surface area contributed by atoms with Gasteiger partial charge in [-0.15, -0.1) is 0 Å². The highest BCUT2D eigenvalue weighted by Crippen LogP contribution is 2.28. The fourth-order valence-corrected chi connectivity index (χ4v) is 3.59. The van der Waals surface area contributed by atoms with E-state index in [2.05, 4.69) is 36.1 Å². The maximum atomic E-state index is 12.6. The zero-order valence-electron chi connectivity index (χ0n) is 18.2. The summed E-state index contributed by atoms with van der Waals surface area (Å²) >= 11 is 0. The Kier molecular flexibility index (Phi) is 8.87. The van der Waals surface area contributed by atoms with Crippen molar-refractivity contribution < 1.29 is 14.6 Å². The first kappa shape index (κ1) is 23.1. The van der Waals surface area contributed by atoms with Gasteiger partial charge in [0.1, 0.15) is 5.60 Å². The van der Waals surface area contributed by atoms with E-state index in [-0.39, 0.29) is 24.7 Å². The zero-order chi connectivity index (χ0) is 21.3. The van der Waals surface area contributed by atoms with E-state index >= 15 is 0 Å². The Labute approximate surface area is 175 Å². The van der Waals surface area contributed by atoms with E-state index in [4.69, 9.17) is 4.74 Å². The summed E-state index contributed by atoms with van der Waals surface area (Å²) in [5.74, 6) is -0.196. The summed E-state index contributed by atoms with van der Waals surface area (Å²) in [4.78, 5) is 15.0. The molecule has 0 bridgehead atoms. The zero-order valence-corrected chi connectivity index (χ0v) is 18.2. The number of carbonyl (C=O) groups excluding carboxylic acids is 1. The molecule has 29 heavy (non-hydrogen) atoms. The van der Waals surface area contributed by atoms with Crippen LogP contribution in [-0.2, 0) is 16.1 Å². The second kappa shape index (κ2) is 11.1. The van der Waals surface area contributed by atoms with Crippen LogP contribution < -0.4 is 0 Å². The number of ether oxygens (including phenoxy) is 1. The first-order valence-corrected chi connectivity index (χ1v) is 10.5. The van der Waals surface area contributed by atoms with E-state index in [1.54, 1.807) is 0 Å². The summed E-state index contributed by atoms with van der Waals surface area (Å²) in [5.41, 5.74) is 1.91. The summed E-state index contributed by atoms with van der Waals surface area (Å²) in [6.45, 7) is 8.70. The third-order valence-corrected chi connectivity index (χ3v) is 4.97. The average Bonchev–Trinajstić information content (AvgIpc) is 2.69. The standard InChI is InChI=1S/C25H35NO3/c1-20(22-14-9-6-10-15-22)26(19-21-12-7-5-8-13-21)23(16-11-17-27)18-24(28)29-25(2,3)4/h5-10,12-15,20,23,27H,11,16-19H2,1-4H3/t20-,23-/m0/s1. The lowest BCUT2D eigenvalue weighted by Gasteiger charge is -2.37. The average molecular weight is 398 g/mol.